The van der Waals surface area contributed by atoms with Crippen molar-refractivity contribution in [3.63, 3.8) is 0 Å². The van der Waals surface area contributed by atoms with Gasteiger partial charge in [-0.1, -0.05) is 26.7 Å². The molecule has 0 spiro atoms. The van der Waals surface area contributed by atoms with E-state index in [-0.39, 0.29) is 0 Å². The van der Waals surface area contributed by atoms with Crippen LogP contribution in [0, 0.1) is 0 Å². The van der Waals surface area contributed by atoms with Gasteiger partial charge >= 0.3 is 0 Å². The Morgan fingerprint density at radius 2 is 1.89 bits per heavy atom. The third kappa shape index (κ3) is 6.03. The average Bonchev–Trinajstić information content (AvgIpc) is 1.89. The summed E-state index contributed by atoms with van der Waals surface area (Å²) in [5.41, 5.74) is 0. The van der Waals surface area contributed by atoms with Gasteiger partial charge in [-0.2, -0.15) is 0 Å². The SMILES string of the molecule is CCCCCS(=O)CC. The fourth-order valence-corrected chi connectivity index (χ4v) is 1.47. The lowest BCUT2D eigenvalue weighted by molar-refractivity contribution is 0.677. The maximum absolute atomic E-state index is 10.8. The van der Waals surface area contributed by atoms with Crippen molar-refractivity contribution in [2.75, 3.05) is 11.5 Å². The standard InChI is InChI=1S/C7H16OS/c1-3-5-6-7-9(8)4-2/h3-7H2,1-2H3. The van der Waals surface area contributed by atoms with Crippen molar-refractivity contribution in [2.45, 2.75) is 33.1 Å². The second-order valence-corrected chi connectivity index (χ2v) is 4.00. The van der Waals surface area contributed by atoms with Gasteiger partial charge in [-0.3, -0.25) is 4.21 Å². The zero-order valence-electron chi connectivity index (χ0n) is 6.35. The maximum Gasteiger partial charge on any atom is 0.0234 e. The smallest absolute Gasteiger partial charge is 0.0234 e. The number of hydrogen-bond donors (Lipinski definition) is 0. The van der Waals surface area contributed by atoms with Crippen LogP contribution in [-0.4, -0.2) is 15.7 Å². The average molecular weight is 148 g/mol. The molecule has 0 aliphatic heterocycles. The molecule has 0 N–H and O–H groups in total. The van der Waals surface area contributed by atoms with E-state index in [9.17, 15) is 4.21 Å². The van der Waals surface area contributed by atoms with Gasteiger partial charge < -0.3 is 0 Å². The van der Waals surface area contributed by atoms with Crippen molar-refractivity contribution >= 4 is 10.8 Å². The summed E-state index contributed by atoms with van der Waals surface area (Å²) in [6.45, 7) is 4.14. The van der Waals surface area contributed by atoms with Gasteiger partial charge in [0.1, 0.15) is 0 Å². The lowest BCUT2D eigenvalue weighted by atomic mass is 10.3. The van der Waals surface area contributed by atoms with E-state index in [0.29, 0.717) is 0 Å². The Kier molecular flexibility index (Phi) is 6.38. The minimum atomic E-state index is -0.528. The lowest BCUT2D eigenvalue weighted by Gasteiger charge is -1.95. The number of rotatable bonds is 5. The van der Waals surface area contributed by atoms with Crippen molar-refractivity contribution in [2.24, 2.45) is 0 Å². The molecule has 56 valence electrons. The van der Waals surface area contributed by atoms with Crippen LogP contribution in [0.3, 0.4) is 0 Å². The molecule has 9 heavy (non-hydrogen) atoms. The first-order valence-corrected chi connectivity index (χ1v) is 5.15. The second kappa shape index (κ2) is 6.27. The molecule has 0 fully saturated rings. The van der Waals surface area contributed by atoms with Crippen molar-refractivity contribution in [3.8, 4) is 0 Å². The third-order valence-electron chi connectivity index (χ3n) is 1.30. The molecule has 1 unspecified atom stereocenters. The quantitative estimate of drug-likeness (QED) is 0.545. The highest BCUT2D eigenvalue weighted by Crippen LogP contribution is 1.95. The zero-order valence-corrected chi connectivity index (χ0v) is 7.17. The van der Waals surface area contributed by atoms with Crippen LogP contribution in [0.4, 0.5) is 0 Å². The second-order valence-electron chi connectivity index (χ2n) is 2.14. The van der Waals surface area contributed by atoms with Gasteiger partial charge in [-0.05, 0) is 6.42 Å². The van der Waals surface area contributed by atoms with E-state index in [1.807, 2.05) is 6.92 Å². The van der Waals surface area contributed by atoms with Crippen molar-refractivity contribution < 1.29 is 4.21 Å². The van der Waals surface area contributed by atoms with Crippen LogP contribution in [0.5, 0.6) is 0 Å². The lowest BCUT2D eigenvalue weighted by Crippen LogP contribution is -1.98. The molecular weight excluding hydrogens is 132 g/mol. The van der Waals surface area contributed by atoms with Crippen LogP contribution in [-0.2, 0) is 10.8 Å². The van der Waals surface area contributed by atoms with E-state index in [0.717, 1.165) is 17.9 Å². The number of unbranched alkanes of at least 4 members (excludes halogenated alkanes) is 2. The molecule has 0 bridgehead atoms. The van der Waals surface area contributed by atoms with Gasteiger partial charge in [-0.25, -0.2) is 0 Å². The van der Waals surface area contributed by atoms with Crippen molar-refractivity contribution in [1.82, 2.24) is 0 Å². The first-order chi connectivity index (χ1) is 4.31. The Hall–Kier alpha value is 0.150. The summed E-state index contributed by atoms with van der Waals surface area (Å²) >= 11 is 0. The molecular formula is C7H16OS. The van der Waals surface area contributed by atoms with Crippen molar-refractivity contribution in [1.29, 1.82) is 0 Å². The van der Waals surface area contributed by atoms with E-state index in [1.165, 1.54) is 12.8 Å². The minimum absolute atomic E-state index is 0.528. The monoisotopic (exact) mass is 148 g/mol. The maximum atomic E-state index is 10.8. The highest BCUT2D eigenvalue weighted by atomic mass is 32.2. The van der Waals surface area contributed by atoms with Crippen LogP contribution >= 0.6 is 0 Å². The Labute approximate surface area is 60.3 Å². The largest absolute Gasteiger partial charge is 0.260 e. The normalized spacial score (nSPS) is 13.6. The van der Waals surface area contributed by atoms with Gasteiger partial charge in [0.25, 0.3) is 0 Å². The van der Waals surface area contributed by atoms with Crippen LogP contribution < -0.4 is 0 Å². The molecule has 0 saturated carbocycles. The van der Waals surface area contributed by atoms with Crippen LogP contribution in [0.1, 0.15) is 33.1 Å². The molecule has 1 atom stereocenters. The molecule has 1 nitrogen and oxygen atoms in total. The van der Waals surface area contributed by atoms with Crippen LogP contribution in [0.2, 0.25) is 0 Å². The van der Waals surface area contributed by atoms with Gasteiger partial charge in [0.2, 0.25) is 0 Å². The summed E-state index contributed by atoms with van der Waals surface area (Å²) in [6.07, 6.45) is 3.59. The Balaban J connectivity index is 2.97. The van der Waals surface area contributed by atoms with Gasteiger partial charge in [0.15, 0.2) is 0 Å². The molecule has 0 aliphatic rings. The van der Waals surface area contributed by atoms with Crippen LogP contribution in [0.15, 0.2) is 0 Å². The van der Waals surface area contributed by atoms with Gasteiger partial charge in [0, 0.05) is 22.3 Å². The van der Waals surface area contributed by atoms with Crippen molar-refractivity contribution in [3.05, 3.63) is 0 Å². The highest BCUT2D eigenvalue weighted by Gasteiger charge is 1.92. The van der Waals surface area contributed by atoms with E-state index in [2.05, 4.69) is 6.92 Å². The van der Waals surface area contributed by atoms with E-state index in [4.69, 9.17) is 0 Å². The summed E-state index contributed by atoms with van der Waals surface area (Å²) in [5, 5.41) is 0. The molecule has 0 aromatic heterocycles. The highest BCUT2D eigenvalue weighted by molar-refractivity contribution is 7.84. The Bertz CT molecular complexity index is 81.0. The molecule has 0 radical (unpaired) electrons. The molecule has 0 heterocycles. The van der Waals surface area contributed by atoms with E-state index >= 15 is 0 Å². The topological polar surface area (TPSA) is 17.1 Å². The molecule has 0 amide bonds. The minimum Gasteiger partial charge on any atom is -0.260 e. The predicted molar refractivity (Wildman–Crippen MR) is 43.1 cm³/mol. The molecule has 0 rings (SSSR count). The fraction of sp³-hybridized carbons (Fsp3) is 1.00. The summed E-state index contributed by atoms with van der Waals surface area (Å²) in [5.74, 6) is 1.73. The first kappa shape index (κ1) is 9.15. The molecule has 0 saturated heterocycles. The molecule has 0 aromatic rings. The van der Waals surface area contributed by atoms with E-state index in [1.54, 1.807) is 0 Å². The summed E-state index contributed by atoms with van der Waals surface area (Å²) in [7, 11) is -0.528. The van der Waals surface area contributed by atoms with Gasteiger partial charge in [-0.15, -0.1) is 0 Å². The fourth-order valence-electron chi connectivity index (χ4n) is 0.657. The Morgan fingerprint density at radius 3 is 2.33 bits per heavy atom. The van der Waals surface area contributed by atoms with Gasteiger partial charge in [0.05, 0.1) is 0 Å². The number of hydrogen-bond acceptors (Lipinski definition) is 1. The first-order valence-electron chi connectivity index (χ1n) is 3.66. The Morgan fingerprint density at radius 1 is 1.22 bits per heavy atom. The molecule has 0 aliphatic carbocycles. The van der Waals surface area contributed by atoms with E-state index < -0.39 is 10.8 Å². The molecule has 0 aromatic carbocycles. The third-order valence-corrected chi connectivity index (χ3v) is 2.69. The summed E-state index contributed by atoms with van der Waals surface area (Å²) < 4.78 is 10.8. The van der Waals surface area contributed by atoms with Crippen LogP contribution in [0.25, 0.3) is 0 Å². The summed E-state index contributed by atoms with van der Waals surface area (Å²) in [6, 6.07) is 0. The summed E-state index contributed by atoms with van der Waals surface area (Å²) in [4.78, 5) is 0. The molecule has 2 heteroatoms. The zero-order chi connectivity index (χ0) is 7.11. The predicted octanol–water partition coefficient (Wildman–Crippen LogP) is 1.95.